The molecule has 2 heteroatoms. The maximum atomic E-state index is 2.48. The van der Waals surface area contributed by atoms with E-state index in [4.69, 9.17) is 0 Å². The zero-order chi connectivity index (χ0) is 19.2. The van der Waals surface area contributed by atoms with Crippen LogP contribution in [0.1, 0.15) is 67.9 Å². The minimum absolute atomic E-state index is 0.633. The van der Waals surface area contributed by atoms with Crippen molar-refractivity contribution >= 4 is 31.0 Å². The van der Waals surface area contributed by atoms with Crippen LogP contribution < -0.4 is 0 Å². The van der Waals surface area contributed by atoms with Gasteiger partial charge in [0.2, 0.25) is 0 Å². The van der Waals surface area contributed by atoms with E-state index in [1.165, 1.54) is 11.9 Å². The van der Waals surface area contributed by atoms with Crippen molar-refractivity contribution < 1.29 is 0 Å². The summed E-state index contributed by atoms with van der Waals surface area (Å²) >= 11 is -2.55. The molecule has 0 fully saturated rings. The van der Waals surface area contributed by atoms with Crippen LogP contribution in [0.25, 0.3) is 3.13 Å². The second-order valence-corrected chi connectivity index (χ2v) is 28.9. The Kier molecular flexibility index (Phi) is 9.49. The number of hydrogen-bond donors (Lipinski definition) is 0. The van der Waals surface area contributed by atoms with Crippen molar-refractivity contribution in [3.63, 3.8) is 0 Å². The topological polar surface area (TPSA) is 0 Å². The third kappa shape index (κ3) is 5.23. The van der Waals surface area contributed by atoms with Crippen molar-refractivity contribution in [3.05, 3.63) is 41.4 Å². The Morgan fingerprint density at radius 1 is 0.800 bits per heavy atom. The third-order valence-electron chi connectivity index (χ3n) is 6.33. The summed E-state index contributed by atoms with van der Waals surface area (Å²) in [5.41, 5.74) is 3.35. The SMILES string of the molecule is C[CH2][Pb]([CH2]C)([CH2]C)/[C](=C(\B(C(C)C)C(C)C)C(C)C)c1ccccc1. The Morgan fingerprint density at radius 2 is 1.24 bits per heavy atom. The van der Waals surface area contributed by atoms with Gasteiger partial charge in [0.15, 0.2) is 0 Å². The molecule has 1 aromatic carbocycles. The molecule has 0 saturated carbocycles. The van der Waals surface area contributed by atoms with Gasteiger partial charge in [0.1, 0.15) is 0 Å². The van der Waals surface area contributed by atoms with Gasteiger partial charge in [-0.1, -0.05) is 0 Å². The van der Waals surface area contributed by atoms with Crippen LogP contribution in [0.5, 0.6) is 0 Å². The van der Waals surface area contributed by atoms with Gasteiger partial charge in [-0.15, -0.1) is 0 Å². The van der Waals surface area contributed by atoms with Crippen molar-refractivity contribution in [1.82, 2.24) is 0 Å². The van der Waals surface area contributed by atoms with Crippen molar-refractivity contribution in [2.24, 2.45) is 5.92 Å². The average Bonchev–Trinajstić information content (AvgIpc) is 2.58. The molecule has 1 rings (SSSR count). The molecule has 0 radical (unpaired) electrons. The van der Waals surface area contributed by atoms with E-state index in [2.05, 4.69) is 92.6 Å². The molecule has 0 bridgehead atoms. The monoisotopic (exact) mass is 536 g/mol. The second kappa shape index (κ2) is 10.3. The van der Waals surface area contributed by atoms with E-state index in [-0.39, 0.29) is 0 Å². The summed E-state index contributed by atoms with van der Waals surface area (Å²) in [4.78, 5) is 0. The molecule has 0 nitrogen and oxygen atoms in total. The molecular formula is C23H41BPb. The van der Waals surface area contributed by atoms with E-state index in [1.807, 2.05) is 8.60 Å². The van der Waals surface area contributed by atoms with E-state index in [0.29, 0.717) is 24.3 Å². The van der Waals surface area contributed by atoms with Crippen LogP contribution in [0.15, 0.2) is 35.8 Å². The van der Waals surface area contributed by atoms with Crippen molar-refractivity contribution in [1.29, 1.82) is 0 Å². The number of rotatable bonds is 9. The molecular weight excluding hydrogens is 494 g/mol. The van der Waals surface area contributed by atoms with Crippen molar-refractivity contribution in [3.8, 4) is 0 Å². The van der Waals surface area contributed by atoms with Gasteiger partial charge in [-0.25, -0.2) is 0 Å². The standard InChI is InChI=1S/C17H26B.3C2H5.Pb/c1-13(2)17(18(14(3)4)15(5)6)12-16-10-8-7-9-11-16;3*1-2;/h7-11,13-15H,1-6H3;3*1H2,2H3;. The normalized spacial score (nSPS) is 13.6. The van der Waals surface area contributed by atoms with E-state index >= 15 is 0 Å². The Morgan fingerprint density at radius 3 is 1.56 bits per heavy atom. The molecule has 0 unspecified atom stereocenters. The molecule has 0 aliphatic rings. The Bertz CT molecular complexity index is 522. The van der Waals surface area contributed by atoms with Gasteiger partial charge in [-0.3, -0.25) is 0 Å². The molecule has 0 aliphatic heterocycles. The Hall–Kier alpha value is -0.0530. The summed E-state index contributed by atoms with van der Waals surface area (Å²) in [7, 11) is 0. The summed E-state index contributed by atoms with van der Waals surface area (Å²) in [6.07, 6.45) is 0. The second-order valence-electron chi connectivity index (χ2n) is 8.71. The fourth-order valence-electron chi connectivity index (χ4n) is 4.99. The first-order chi connectivity index (χ1) is 11.8. The molecule has 0 aliphatic carbocycles. The van der Waals surface area contributed by atoms with Gasteiger partial charge in [-0.05, 0) is 0 Å². The first-order valence-corrected chi connectivity index (χ1v) is 20.7. The Balaban J connectivity index is 3.89. The summed E-state index contributed by atoms with van der Waals surface area (Å²) < 4.78 is 6.18. The zero-order valence-corrected chi connectivity index (χ0v) is 22.2. The summed E-state index contributed by atoms with van der Waals surface area (Å²) in [6.45, 7) is 22.7. The molecule has 0 saturated heterocycles. The third-order valence-corrected chi connectivity index (χ3v) is 28.5. The summed E-state index contributed by atoms with van der Waals surface area (Å²) in [5.74, 6) is 2.04. The van der Waals surface area contributed by atoms with Crippen molar-refractivity contribution in [2.75, 3.05) is 0 Å². The van der Waals surface area contributed by atoms with Gasteiger partial charge in [0.05, 0.1) is 0 Å². The van der Waals surface area contributed by atoms with Crippen LogP contribution in [-0.4, -0.2) is 27.9 Å². The van der Waals surface area contributed by atoms with Gasteiger partial charge >= 0.3 is 164 Å². The molecule has 0 heterocycles. The molecule has 0 atom stereocenters. The van der Waals surface area contributed by atoms with Gasteiger partial charge in [-0.2, -0.15) is 0 Å². The van der Waals surface area contributed by atoms with Crippen molar-refractivity contribution in [2.45, 2.75) is 85.9 Å². The predicted molar refractivity (Wildman–Crippen MR) is 121 cm³/mol. The molecule has 0 amide bonds. The maximum absolute atomic E-state index is 2.55. The van der Waals surface area contributed by atoms with Crippen LogP contribution in [0.2, 0.25) is 23.6 Å². The first-order valence-electron chi connectivity index (χ1n) is 10.6. The van der Waals surface area contributed by atoms with E-state index in [1.54, 1.807) is 5.56 Å². The van der Waals surface area contributed by atoms with E-state index < -0.39 is 21.2 Å². The predicted octanol–water partition coefficient (Wildman–Crippen LogP) is 8.00. The van der Waals surface area contributed by atoms with Gasteiger partial charge < -0.3 is 0 Å². The van der Waals surface area contributed by atoms with Gasteiger partial charge in [0.25, 0.3) is 0 Å². The van der Waals surface area contributed by atoms with Crippen LogP contribution >= 0.6 is 0 Å². The first kappa shape index (κ1) is 23.0. The zero-order valence-electron chi connectivity index (χ0n) is 18.3. The number of allylic oxidation sites excluding steroid dienone is 1. The number of benzene rings is 1. The average molecular weight is 536 g/mol. The van der Waals surface area contributed by atoms with E-state index in [0.717, 1.165) is 0 Å². The molecule has 0 aromatic heterocycles. The molecule has 0 spiro atoms. The van der Waals surface area contributed by atoms with Crippen LogP contribution in [-0.2, 0) is 0 Å². The quantitative estimate of drug-likeness (QED) is 0.281. The molecule has 25 heavy (non-hydrogen) atoms. The summed E-state index contributed by atoms with van der Waals surface area (Å²) in [6, 6.07) is 11.4. The fourth-order valence-corrected chi connectivity index (χ4v) is 22.1. The molecule has 1 aromatic rings. The number of hydrogen-bond acceptors (Lipinski definition) is 0. The minimum atomic E-state index is -2.55. The van der Waals surface area contributed by atoms with Crippen LogP contribution in [0, 0.1) is 5.92 Å². The molecule has 0 N–H and O–H groups in total. The van der Waals surface area contributed by atoms with Crippen LogP contribution in [0.3, 0.4) is 0 Å². The fraction of sp³-hybridized carbons (Fsp3) is 0.652. The summed E-state index contributed by atoms with van der Waals surface area (Å²) in [5, 5.41) is 0. The van der Waals surface area contributed by atoms with E-state index in [9.17, 15) is 0 Å². The molecule has 140 valence electrons. The Labute approximate surface area is 163 Å². The van der Waals surface area contributed by atoms with Crippen LogP contribution in [0.4, 0.5) is 0 Å². The van der Waals surface area contributed by atoms with Gasteiger partial charge in [0, 0.05) is 0 Å².